The lowest BCUT2D eigenvalue weighted by Gasteiger charge is -2.49. The predicted octanol–water partition coefficient (Wildman–Crippen LogP) is 6.32. The number of alkyl halides is 3. The molecule has 1 N–H and O–H groups in total. The number of likely N-dealkylation sites (tertiary alicyclic amines) is 1. The third-order valence-electron chi connectivity index (χ3n) is 7.63. The first kappa shape index (κ1) is 24.4. The Hall–Kier alpha value is -1.76. The summed E-state index contributed by atoms with van der Waals surface area (Å²) < 4.78 is 44.1. The molecule has 33 heavy (non-hydrogen) atoms. The summed E-state index contributed by atoms with van der Waals surface area (Å²) in [4.78, 5) is 2.34. The number of ether oxygens (including phenoxy) is 1. The molecule has 2 aromatic rings. The average Bonchev–Trinajstić information content (AvgIpc) is 2.74. The largest absolute Gasteiger partial charge is 0.493 e. The Labute approximate surface area is 198 Å². The third kappa shape index (κ3) is 5.33. The Morgan fingerprint density at radius 2 is 1.76 bits per heavy atom. The first-order valence-corrected chi connectivity index (χ1v) is 12.0. The maximum atomic E-state index is 12.8. The molecule has 180 valence electrons. The summed E-state index contributed by atoms with van der Waals surface area (Å²) in [6.07, 6.45) is 0.240. The summed E-state index contributed by atoms with van der Waals surface area (Å²) in [5.41, 5.74) is 0.262. The van der Waals surface area contributed by atoms with E-state index in [2.05, 4.69) is 11.8 Å². The molecule has 0 amide bonds. The van der Waals surface area contributed by atoms with Gasteiger partial charge in [0.1, 0.15) is 5.75 Å². The van der Waals surface area contributed by atoms with Gasteiger partial charge in [0.15, 0.2) is 0 Å². The van der Waals surface area contributed by atoms with Crippen molar-refractivity contribution < 1.29 is 23.0 Å². The number of β-amino-alcohol motifs (C(OH)–C–C–N with tert-alkyl or cyclic N) is 1. The van der Waals surface area contributed by atoms with Gasteiger partial charge in [-0.05, 0) is 81.1 Å². The highest BCUT2D eigenvalue weighted by atomic mass is 35.5. The quantitative estimate of drug-likeness (QED) is 0.502. The summed E-state index contributed by atoms with van der Waals surface area (Å²) in [5, 5.41) is 12.0. The van der Waals surface area contributed by atoms with Crippen molar-refractivity contribution in [1.82, 2.24) is 4.90 Å². The van der Waals surface area contributed by atoms with Crippen molar-refractivity contribution in [2.45, 2.75) is 62.8 Å². The number of halogens is 4. The minimum Gasteiger partial charge on any atom is -0.493 e. The second kappa shape index (κ2) is 9.85. The molecule has 3 atom stereocenters. The van der Waals surface area contributed by atoms with Gasteiger partial charge in [0.05, 0.1) is 18.3 Å². The van der Waals surface area contributed by atoms with Crippen LogP contribution in [0.4, 0.5) is 13.2 Å². The van der Waals surface area contributed by atoms with E-state index in [1.54, 1.807) is 0 Å². The van der Waals surface area contributed by atoms with Gasteiger partial charge in [0.25, 0.3) is 0 Å². The van der Waals surface area contributed by atoms with E-state index in [0.29, 0.717) is 23.9 Å². The van der Waals surface area contributed by atoms with Crippen LogP contribution in [0.25, 0.3) is 0 Å². The summed E-state index contributed by atoms with van der Waals surface area (Å²) in [6.45, 7) is 4.12. The van der Waals surface area contributed by atoms with E-state index < -0.39 is 17.8 Å². The van der Waals surface area contributed by atoms with Crippen molar-refractivity contribution in [3.63, 3.8) is 0 Å². The van der Waals surface area contributed by atoms with Gasteiger partial charge in [0, 0.05) is 28.9 Å². The van der Waals surface area contributed by atoms with Gasteiger partial charge in [-0.1, -0.05) is 30.2 Å². The van der Waals surface area contributed by atoms with Gasteiger partial charge in [-0.2, -0.15) is 13.2 Å². The van der Waals surface area contributed by atoms with E-state index in [4.69, 9.17) is 16.3 Å². The van der Waals surface area contributed by atoms with Gasteiger partial charge >= 0.3 is 6.18 Å². The van der Waals surface area contributed by atoms with E-state index in [1.807, 2.05) is 24.3 Å². The number of nitrogens with zero attached hydrogens (tertiary/aromatic N) is 1. The normalized spacial score (nSPS) is 24.2. The van der Waals surface area contributed by atoms with Crippen molar-refractivity contribution in [3.05, 3.63) is 64.7 Å². The van der Waals surface area contributed by atoms with Gasteiger partial charge < -0.3 is 9.84 Å². The Bertz CT molecular complexity index is 913. The van der Waals surface area contributed by atoms with Crippen LogP contribution in [0.5, 0.6) is 5.75 Å². The second-order valence-corrected chi connectivity index (χ2v) is 9.94. The lowest BCUT2D eigenvalue weighted by Crippen LogP contribution is -2.55. The van der Waals surface area contributed by atoms with Crippen LogP contribution in [0.15, 0.2) is 48.5 Å². The van der Waals surface area contributed by atoms with Crippen LogP contribution in [-0.2, 0) is 11.6 Å². The van der Waals surface area contributed by atoms with Crippen LogP contribution in [0.1, 0.15) is 50.2 Å². The molecule has 1 saturated heterocycles. The highest BCUT2D eigenvalue weighted by molar-refractivity contribution is 6.30. The summed E-state index contributed by atoms with van der Waals surface area (Å²) in [6, 6.07) is 12.9. The van der Waals surface area contributed by atoms with Crippen molar-refractivity contribution >= 4 is 11.6 Å². The Morgan fingerprint density at radius 1 is 1.09 bits per heavy atom. The molecule has 3 unspecified atom stereocenters. The van der Waals surface area contributed by atoms with Gasteiger partial charge in [0.2, 0.25) is 0 Å². The van der Waals surface area contributed by atoms with Crippen molar-refractivity contribution in [2.24, 2.45) is 5.92 Å². The maximum Gasteiger partial charge on any atom is 0.416 e. The Kier molecular flexibility index (Phi) is 7.27. The van der Waals surface area contributed by atoms with Crippen LogP contribution in [-0.4, -0.2) is 41.8 Å². The van der Waals surface area contributed by atoms with E-state index in [0.717, 1.165) is 56.3 Å². The summed E-state index contributed by atoms with van der Waals surface area (Å²) >= 11 is 6.06. The molecule has 0 spiro atoms. The molecule has 1 aliphatic heterocycles. The number of aliphatic hydroxyl groups is 1. The summed E-state index contributed by atoms with van der Waals surface area (Å²) in [5.74, 6) is 0.699. The first-order valence-electron chi connectivity index (χ1n) is 11.7. The monoisotopic (exact) mass is 481 g/mol. The minimum absolute atomic E-state index is 0.213. The molecule has 0 bridgehead atoms. The molecule has 1 saturated carbocycles. The third-order valence-corrected chi connectivity index (χ3v) is 7.89. The molecule has 1 heterocycles. The second-order valence-electron chi connectivity index (χ2n) is 9.50. The molecule has 2 aliphatic rings. The number of hydrogen-bond acceptors (Lipinski definition) is 3. The lowest BCUT2D eigenvalue weighted by molar-refractivity contribution is -0.137. The van der Waals surface area contributed by atoms with Crippen LogP contribution >= 0.6 is 11.6 Å². The first-order chi connectivity index (χ1) is 15.7. The lowest BCUT2D eigenvalue weighted by atomic mass is 9.61. The topological polar surface area (TPSA) is 32.7 Å². The molecule has 1 aliphatic carbocycles. The smallest absolute Gasteiger partial charge is 0.416 e. The maximum absolute atomic E-state index is 12.8. The van der Waals surface area contributed by atoms with Crippen LogP contribution in [0, 0.1) is 5.92 Å². The SMILES string of the molecule is CC1C(COc2ccc(C(F)(F)F)cc2)CCCN1CC(O)C1(c2ccc(Cl)cc2)CCC1. The molecule has 0 aromatic heterocycles. The number of piperidine rings is 1. The molecule has 7 heteroatoms. The fourth-order valence-electron chi connectivity index (χ4n) is 5.27. The van der Waals surface area contributed by atoms with Crippen molar-refractivity contribution in [1.29, 1.82) is 0 Å². The van der Waals surface area contributed by atoms with Gasteiger partial charge in [-0.25, -0.2) is 0 Å². The molecule has 4 rings (SSSR count). The molecular weight excluding hydrogens is 451 g/mol. The molecule has 3 nitrogen and oxygen atoms in total. The molecule has 2 aromatic carbocycles. The number of rotatable bonds is 7. The van der Waals surface area contributed by atoms with E-state index in [-0.39, 0.29) is 17.4 Å². The molecular formula is C26H31ClF3NO2. The Morgan fingerprint density at radius 3 is 2.33 bits per heavy atom. The standard InChI is InChI=1S/C26H31ClF3NO2/c1-18-19(17-33-23-11-7-21(8-12-23)26(28,29)30)4-2-15-31(18)16-24(32)25(13-3-14-25)20-5-9-22(27)10-6-20/h5-12,18-19,24,32H,2-4,13-17H2,1H3. The number of benzene rings is 2. The van der Waals surface area contributed by atoms with E-state index >= 15 is 0 Å². The van der Waals surface area contributed by atoms with Crippen molar-refractivity contribution in [3.8, 4) is 5.75 Å². The minimum atomic E-state index is -4.35. The predicted molar refractivity (Wildman–Crippen MR) is 124 cm³/mol. The zero-order chi connectivity index (χ0) is 23.6. The zero-order valence-corrected chi connectivity index (χ0v) is 19.6. The molecule has 2 fully saturated rings. The Balaban J connectivity index is 1.36. The van der Waals surface area contributed by atoms with Crippen LogP contribution < -0.4 is 4.74 Å². The molecule has 0 radical (unpaired) electrons. The number of aliphatic hydroxyl groups excluding tert-OH is 1. The average molecular weight is 482 g/mol. The fraction of sp³-hybridized carbons (Fsp3) is 0.538. The van der Waals surface area contributed by atoms with E-state index in [1.165, 1.54) is 12.1 Å². The van der Waals surface area contributed by atoms with Crippen molar-refractivity contribution in [2.75, 3.05) is 19.7 Å². The highest BCUT2D eigenvalue weighted by Crippen LogP contribution is 2.47. The highest BCUT2D eigenvalue weighted by Gasteiger charge is 2.46. The zero-order valence-electron chi connectivity index (χ0n) is 18.8. The van der Waals surface area contributed by atoms with Crippen LogP contribution in [0.2, 0.25) is 5.02 Å². The van der Waals surface area contributed by atoms with Gasteiger partial charge in [-0.15, -0.1) is 0 Å². The number of hydrogen-bond donors (Lipinski definition) is 1. The fourth-order valence-corrected chi connectivity index (χ4v) is 5.40. The summed E-state index contributed by atoms with van der Waals surface area (Å²) in [7, 11) is 0. The van der Waals surface area contributed by atoms with Gasteiger partial charge in [-0.3, -0.25) is 4.90 Å². The van der Waals surface area contributed by atoms with E-state index in [9.17, 15) is 18.3 Å². The van der Waals surface area contributed by atoms with Crippen LogP contribution in [0.3, 0.4) is 0 Å².